The maximum Gasteiger partial charge on any atom is 0.138 e. The van der Waals surface area contributed by atoms with Crippen LogP contribution in [0.3, 0.4) is 0 Å². The van der Waals surface area contributed by atoms with E-state index in [2.05, 4.69) is 5.32 Å². The highest BCUT2D eigenvalue weighted by Crippen LogP contribution is 2.27. The Bertz CT molecular complexity index is 575. The number of hydrogen-bond acceptors (Lipinski definition) is 2. The number of benzene rings is 2. The lowest BCUT2D eigenvalue weighted by Gasteiger charge is -2.09. The van der Waals surface area contributed by atoms with Crippen LogP contribution in [0.1, 0.15) is 5.56 Å². The molecule has 0 spiro atoms. The molecule has 2 aromatic carbocycles. The Kier molecular flexibility index (Phi) is 5.99. The first-order chi connectivity index (χ1) is 9.66. The highest BCUT2D eigenvalue weighted by molar-refractivity contribution is 6.35. The van der Waals surface area contributed by atoms with E-state index in [4.69, 9.17) is 39.5 Å². The van der Waals surface area contributed by atoms with Gasteiger partial charge in [-0.05, 0) is 29.8 Å². The summed E-state index contributed by atoms with van der Waals surface area (Å²) < 4.78 is 5.57. The van der Waals surface area contributed by atoms with Gasteiger partial charge < -0.3 is 10.1 Å². The van der Waals surface area contributed by atoms with Gasteiger partial charge in [0.2, 0.25) is 0 Å². The smallest absolute Gasteiger partial charge is 0.138 e. The molecule has 2 rings (SSSR count). The van der Waals surface area contributed by atoms with E-state index in [-0.39, 0.29) is 0 Å². The van der Waals surface area contributed by atoms with Gasteiger partial charge in [-0.3, -0.25) is 0 Å². The molecule has 0 radical (unpaired) electrons. The number of hydrogen-bond donors (Lipinski definition) is 1. The fourth-order valence-electron chi connectivity index (χ4n) is 1.69. The molecule has 0 aromatic heterocycles. The van der Waals surface area contributed by atoms with Crippen LogP contribution in [0, 0.1) is 0 Å². The van der Waals surface area contributed by atoms with Crippen molar-refractivity contribution in [1.82, 2.24) is 5.32 Å². The molecule has 0 fully saturated rings. The predicted molar refractivity (Wildman–Crippen MR) is 85.1 cm³/mol. The van der Waals surface area contributed by atoms with E-state index >= 15 is 0 Å². The lowest BCUT2D eigenvalue weighted by atomic mass is 10.2. The van der Waals surface area contributed by atoms with Gasteiger partial charge in [0.15, 0.2) is 0 Å². The number of nitrogens with one attached hydrogen (secondary N) is 1. The summed E-state index contributed by atoms with van der Waals surface area (Å²) in [6.45, 7) is 1.92. The molecule has 106 valence electrons. The van der Waals surface area contributed by atoms with Crippen LogP contribution in [0.25, 0.3) is 0 Å². The van der Waals surface area contributed by atoms with Crippen LogP contribution in [0.5, 0.6) is 5.75 Å². The Morgan fingerprint density at radius 3 is 2.50 bits per heavy atom. The quantitative estimate of drug-likeness (QED) is 0.767. The van der Waals surface area contributed by atoms with Gasteiger partial charge in [-0.1, -0.05) is 53.0 Å². The fraction of sp³-hybridized carbons (Fsp3) is 0.200. The molecule has 5 heteroatoms. The molecule has 0 atom stereocenters. The third-order valence-electron chi connectivity index (χ3n) is 2.70. The summed E-state index contributed by atoms with van der Waals surface area (Å²) in [5.74, 6) is 0.635. The van der Waals surface area contributed by atoms with Gasteiger partial charge in [-0.2, -0.15) is 0 Å². The van der Waals surface area contributed by atoms with Crippen molar-refractivity contribution in [2.45, 2.75) is 6.54 Å². The molecular weight excluding hydrogens is 317 g/mol. The molecule has 0 aliphatic rings. The number of rotatable bonds is 6. The van der Waals surface area contributed by atoms with Crippen molar-refractivity contribution in [3.63, 3.8) is 0 Å². The molecular formula is C15H14Cl3NO. The van der Waals surface area contributed by atoms with E-state index in [0.29, 0.717) is 35.5 Å². The van der Waals surface area contributed by atoms with Crippen molar-refractivity contribution in [2.75, 3.05) is 13.2 Å². The van der Waals surface area contributed by atoms with Gasteiger partial charge in [0.05, 0.1) is 5.02 Å². The molecule has 1 N–H and O–H groups in total. The van der Waals surface area contributed by atoms with E-state index in [1.165, 1.54) is 0 Å². The molecule has 2 aromatic rings. The second kappa shape index (κ2) is 7.75. The third-order valence-corrected chi connectivity index (χ3v) is 3.60. The van der Waals surface area contributed by atoms with Crippen LogP contribution >= 0.6 is 34.8 Å². The van der Waals surface area contributed by atoms with Crippen molar-refractivity contribution in [3.8, 4) is 5.75 Å². The second-order valence-electron chi connectivity index (χ2n) is 4.19. The van der Waals surface area contributed by atoms with Crippen molar-refractivity contribution in [2.24, 2.45) is 0 Å². The minimum atomic E-state index is 0.517. The van der Waals surface area contributed by atoms with E-state index in [1.807, 2.05) is 24.3 Å². The molecule has 0 saturated carbocycles. The molecule has 20 heavy (non-hydrogen) atoms. The van der Waals surface area contributed by atoms with E-state index in [0.717, 1.165) is 10.6 Å². The average molecular weight is 331 g/mol. The minimum Gasteiger partial charge on any atom is -0.491 e. The fourth-order valence-corrected chi connectivity index (χ4v) is 2.36. The lowest BCUT2D eigenvalue weighted by molar-refractivity contribution is 0.314. The zero-order chi connectivity index (χ0) is 14.4. The normalized spacial score (nSPS) is 10.6. The maximum atomic E-state index is 6.07. The Morgan fingerprint density at radius 2 is 1.75 bits per heavy atom. The van der Waals surface area contributed by atoms with Crippen molar-refractivity contribution in [3.05, 3.63) is 63.1 Å². The van der Waals surface area contributed by atoms with Crippen LogP contribution in [0.2, 0.25) is 15.1 Å². The average Bonchev–Trinajstić information content (AvgIpc) is 2.42. The molecule has 2 nitrogen and oxygen atoms in total. The Balaban J connectivity index is 1.73. The van der Waals surface area contributed by atoms with Crippen LogP contribution in [-0.4, -0.2) is 13.2 Å². The highest BCUT2D eigenvalue weighted by Gasteiger charge is 2.02. The van der Waals surface area contributed by atoms with E-state index in [1.54, 1.807) is 18.2 Å². The lowest BCUT2D eigenvalue weighted by Crippen LogP contribution is -2.20. The summed E-state index contributed by atoms with van der Waals surface area (Å²) >= 11 is 17.9. The van der Waals surface area contributed by atoms with Crippen molar-refractivity contribution >= 4 is 34.8 Å². The molecule has 0 aliphatic carbocycles. The third kappa shape index (κ3) is 4.57. The number of halogens is 3. The largest absolute Gasteiger partial charge is 0.491 e. The first kappa shape index (κ1) is 15.5. The molecule has 0 bridgehead atoms. The summed E-state index contributed by atoms with van der Waals surface area (Å²) in [7, 11) is 0. The Labute approximate surface area is 133 Å². The Morgan fingerprint density at radius 1 is 0.950 bits per heavy atom. The van der Waals surface area contributed by atoms with E-state index < -0.39 is 0 Å². The zero-order valence-corrected chi connectivity index (χ0v) is 13.0. The zero-order valence-electron chi connectivity index (χ0n) is 10.7. The molecule has 0 saturated heterocycles. The van der Waals surface area contributed by atoms with E-state index in [9.17, 15) is 0 Å². The highest BCUT2D eigenvalue weighted by atomic mass is 35.5. The van der Waals surface area contributed by atoms with Gasteiger partial charge in [0, 0.05) is 23.1 Å². The molecule has 0 unspecified atom stereocenters. The standard InChI is InChI=1S/C15H14Cl3NO/c16-12-5-6-15(14(18)9-12)20-8-7-19-10-11-3-1-2-4-13(11)17/h1-6,9,19H,7-8,10H2. The second-order valence-corrected chi connectivity index (χ2v) is 5.44. The van der Waals surface area contributed by atoms with Crippen LogP contribution in [0.15, 0.2) is 42.5 Å². The Hall–Kier alpha value is -0.930. The first-order valence-electron chi connectivity index (χ1n) is 6.19. The molecule has 0 aliphatic heterocycles. The van der Waals surface area contributed by atoms with Gasteiger partial charge in [-0.15, -0.1) is 0 Å². The van der Waals surface area contributed by atoms with Gasteiger partial charge in [-0.25, -0.2) is 0 Å². The summed E-state index contributed by atoms with van der Waals surface area (Å²) in [4.78, 5) is 0. The van der Waals surface area contributed by atoms with Crippen LogP contribution in [0.4, 0.5) is 0 Å². The van der Waals surface area contributed by atoms with Crippen molar-refractivity contribution in [1.29, 1.82) is 0 Å². The minimum absolute atomic E-state index is 0.517. The predicted octanol–water partition coefficient (Wildman–Crippen LogP) is 4.82. The summed E-state index contributed by atoms with van der Waals surface area (Å²) in [5.41, 5.74) is 1.07. The SMILES string of the molecule is Clc1ccc(OCCNCc2ccccc2Cl)c(Cl)c1. The first-order valence-corrected chi connectivity index (χ1v) is 7.32. The summed E-state index contributed by atoms with van der Waals surface area (Å²) in [5, 5.41) is 5.14. The summed E-state index contributed by atoms with van der Waals surface area (Å²) in [6, 6.07) is 12.9. The van der Waals surface area contributed by atoms with Crippen molar-refractivity contribution < 1.29 is 4.74 Å². The van der Waals surface area contributed by atoms with Gasteiger partial charge in [0.1, 0.15) is 12.4 Å². The molecule has 0 amide bonds. The number of ether oxygens (including phenoxy) is 1. The summed E-state index contributed by atoms with van der Waals surface area (Å²) in [6.07, 6.45) is 0. The van der Waals surface area contributed by atoms with Gasteiger partial charge in [0.25, 0.3) is 0 Å². The molecule has 0 heterocycles. The van der Waals surface area contributed by atoms with Crippen LogP contribution < -0.4 is 10.1 Å². The monoisotopic (exact) mass is 329 g/mol. The maximum absolute atomic E-state index is 6.07. The topological polar surface area (TPSA) is 21.3 Å². The van der Waals surface area contributed by atoms with Gasteiger partial charge >= 0.3 is 0 Å². The van der Waals surface area contributed by atoms with Crippen LogP contribution in [-0.2, 0) is 6.54 Å².